The molecule has 0 heterocycles. The summed E-state index contributed by atoms with van der Waals surface area (Å²) in [7, 11) is 0. The lowest BCUT2D eigenvalue weighted by Crippen LogP contribution is -2.28. The van der Waals surface area contributed by atoms with Crippen LogP contribution in [0.3, 0.4) is 0 Å². The predicted molar refractivity (Wildman–Crippen MR) is 46.1 cm³/mol. The minimum Gasteiger partial charge on any atom is -0.406 e. The molecule has 1 aromatic rings. The summed E-state index contributed by atoms with van der Waals surface area (Å²) in [5.74, 6) is -0.741. The van der Waals surface area contributed by atoms with Gasteiger partial charge in [0.2, 0.25) is 0 Å². The lowest BCUT2D eigenvalue weighted by atomic mass is 10.1. The third kappa shape index (κ3) is 4.14. The quantitative estimate of drug-likeness (QED) is 0.828. The Bertz CT molecular complexity index is 386. The van der Waals surface area contributed by atoms with E-state index in [2.05, 4.69) is 4.74 Å². The van der Waals surface area contributed by atoms with Crippen LogP contribution in [0.2, 0.25) is 0 Å². The summed E-state index contributed by atoms with van der Waals surface area (Å²) in [6.45, 7) is 0. The first kappa shape index (κ1) is 13.6. The minimum atomic E-state index is -4.96. The molecule has 0 spiro atoms. The van der Waals surface area contributed by atoms with Crippen LogP contribution in [0.15, 0.2) is 24.3 Å². The van der Waals surface area contributed by atoms with Crippen molar-refractivity contribution in [2.75, 3.05) is 0 Å². The Morgan fingerprint density at radius 1 is 1.06 bits per heavy atom. The summed E-state index contributed by atoms with van der Waals surface area (Å²) in [6.07, 6.45) is -9.68. The van der Waals surface area contributed by atoms with Gasteiger partial charge in [-0.2, -0.15) is 13.2 Å². The van der Waals surface area contributed by atoms with Gasteiger partial charge in [-0.15, -0.1) is 13.2 Å². The molecule has 0 bridgehead atoms. The second kappa shape index (κ2) is 4.44. The van der Waals surface area contributed by atoms with E-state index < -0.39 is 29.9 Å². The van der Waals surface area contributed by atoms with Crippen LogP contribution in [0.4, 0.5) is 26.3 Å². The van der Waals surface area contributed by atoms with Crippen LogP contribution in [-0.4, -0.2) is 12.5 Å². The van der Waals surface area contributed by atoms with Crippen LogP contribution in [0.25, 0.3) is 0 Å². The maximum atomic E-state index is 12.2. The minimum absolute atomic E-state index is 0.501. The standard InChI is InChI=1S/C9H7F6NO/c10-8(11,12)7(16)5-2-1-3-6(4-5)17-9(13,14)15/h1-4,7H,16H2. The molecule has 2 nitrogen and oxygen atoms in total. The second-order valence-corrected chi connectivity index (χ2v) is 3.14. The van der Waals surface area contributed by atoms with Gasteiger partial charge in [0, 0.05) is 0 Å². The topological polar surface area (TPSA) is 35.2 Å². The smallest absolute Gasteiger partial charge is 0.406 e. The van der Waals surface area contributed by atoms with E-state index in [0.29, 0.717) is 6.07 Å². The highest BCUT2D eigenvalue weighted by molar-refractivity contribution is 5.31. The maximum absolute atomic E-state index is 12.2. The van der Waals surface area contributed by atoms with Crippen molar-refractivity contribution < 1.29 is 31.1 Å². The first-order chi connectivity index (χ1) is 7.59. The summed E-state index contributed by atoms with van der Waals surface area (Å²) in [5.41, 5.74) is 4.34. The average Bonchev–Trinajstić information content (AvgIpc) is 2.12. The van der Waals surface area contributed by atoms with Gasteiger partial charge in [-0.05, 0) is 17.7 Å². The van der Waals surface area contributed by atoms with E-state index in [9.17, 15) is 26.3 Å². The van der Waals surface area contributed by atoms with Crippen molar-refractivity contribution in [2.45, 2.75) is 18.6 Å². The Labute approximate surface area is 92.0 Å². The zero-order valence-corrected chi connectivity index (χ0v) is 8.14. The molecule has 2 N–H and O–H groups in total. The molecule has 8 heteroatoms. The number of alkyl halides is 6. The molecule has 0 saturated carbocycles. The van der Waals surface area contributed by atoms with Crippen molar-refractivity contribution in [3.05, 3.63) is 29.8 Å². The lowest BCUT2D eigenvalue weighted by Gasteiger charge is -2.17. The van der Waals surface area contributed by atoms with Crippen LogP contribution in [0.5, 0.6) is 5.75 Å². The molecule has 96 valence electrons. The van der Waals surface area contributed by atoms with Crippen molar-refractivity contribution in [1.29, 1.82) is 0 Å². The maximum Gasteiger partial charge on any atom is 0.573 e. The van der Waals surface area contributed by atoms with E-state index >= 15 is 0 Å². The first-order valence-electron chi connectivity index (χ1n) is 4.27. The molecule has 17 heavy (non-hydrogen) atoms. The highest BCUT2D eigenvalue weighted by atomic mass is 19.4. The summed E-state index contributed by atoms with van der Waals surface area (Å²) in [4.78, 5) is 0. The molecule has 0 aromatic heterocycles. The van der Waals surface area contributed by atoms with Gasteiger partial charge < -0.3 is 10.5 Å². The molecule has 0 aliphatic rings. The Balaban J connectivity index is 2.94. The number of benzene rings is 1. The van der Waals surface area contributed by atoms with E-state index in [4.69, 9.17) is 5.73 Å². The number of hydrogen-bond acceptors (Lipinski definition) is 2. The third-order valence-corrected chi connectivity index (χ3v) is 1.80. The number of nitrogens with two attached hydrogens (primary N) is 1. The number of ether oxygens (including phenoxy) is 1. The molecule has 1 rings (SSSR count). The molecule has 1 unspecified atom stereocenters. The fraction of sp³-hybridized carbons (Fsp3) is 0.333. The van der Waals surface area contributed by atoms with Crippen molar-refractivity contribution in [3.8, 4) is 5.75 Å². The Morgan fingerprint density at radius 2 is 1.65 bits per heavy atom. The van der Waals surface area contributed by atoms with Crippen molar-refractivity contribution in [3.63, 3.8) is 0 Å². The van der Waals surface area contributed by atoms with Crippen LogP contribution in [0, 0.1) is 0 Å². The lowest BCUT2D eigenvalue weighted by molar-refractivity contribution is -0.274. The molecule has 0 radical (unpaired) electrons. The zero-order valence-electron chi connectivity index (χ0n) is 8.14. The molecule has 1 aromatic carbocycles. The van der Waals surface area contributed by atoms with Gasteiger partial charge in [-0.1, -0.05) is 12.1 Å². The summed E-state index contributed by atoms with van der Waals surface area (Å²) in [6, 6.07) is 1.12. The Kier molecular flexibility index (Phi) is 3.56. The van der Waals surface area contributed by atoms with Gasteiger partial charge in [0.1, 0.15) is 11.8 Å². The molecule has 0 amide bonds. The molecular formula is C9H7F6NO. The molecular weight excluding hydrogens is 252 g/mol. The summed E-state index contributed by atoms with van der Waals surface area (Å²) in [5, 5.41) is 0. The SMILES string of the molecule is NC(c1cccc(OC(F)(F)F)c1)C(F)(F)F. The van der Waals surface area contributed by atoms with Gasteiger partial charge in [0.25, 0.3) is 0 Å². The van der Waals surface area contributed by atoms with Gasteiger partial charge >= 0.3 is 12.5 Å². The first-order valence-corrected chi connectivity index (χ1v) is 4.27. The number of hydrogen-bond donors (Lipinski definition) is 1. The van der Waals surface area contributed by atoms with Crippen LogP contribution in [0.1, 0.15) is 11.6 Å². The predicted octanol–water partition coefficient (Wildman–Crippen LogP) is 3.15. The van der Waals surface area contributed by atoms with E-state index in [-0.39, 0.29) is 0 Å². The highest BCUT2D eigenvalue weighted by Gasteiger charge is 2.38. The fourth-order valence-corrected chi connectivity index (χ4v) is 1.09. The molecule has 0 aliphatic carbocycles. The van der Waals surface area contributed by atoms with Gasteiger partial charge in [-0.3, -0.25) is 0 Å². The van der Waals surface area contributed by atoms with E-state index in [1.165, 1.54) is 0 Å². The Morgan fingerprint density at radius 3 is 2.12 bits per heavy atom. The molecule has 0 fully saturated rings. The second-order valence-electron chi connectivity index (χ2n) is 3.14. The van der Waals surface area contributed by atoms with E-state index in [0.717, 1.165) is 18.2 Å². The molecule has 0 saturated heterocycles. The third-order valence-electron chi connectivity index (χ3n) is 1.80. The van der Waals surface area contributed by atoms with Crippen molar-refractivity contribution in [1.82, 2.24) is 0 Å². The molecule has 0 aliphatic heterocycles. The van der Waals surface area contributed by atoms with Crippen LogP contribution < -0.4 is 10.5 Å². The summed E-state index contributed by atoms with van der Waals surface area (Å²) >= 11 is 0. The monoisotopic (exact) mass is 259 g/mol. The van der Waals surface area contributed by atoms with Crippen LogP contribution in [-0.2, 0) is 0 Å². The van der Waals surface area contributed by atoms with Crippen LogP contribution >= 0.6 is 0 Å². The van der Waals surface area contributed by atoms with Crippen molar-refractivity contribution >= 4 is 0 Å². The van der Waals surface area contributed by atoms with E-state index in [1.807, 2.05) is 0 Å². The van der Waals surface area contributed by atoms with Gasteiger partial charge in [0.05, 0.1) is 0 Å². The average molecular weight is 259 g/mol. The molecule has 1 atom stereocenters. The zero-order chi connectivity index (χ0) is 13.3. The highest BCUT2D eigenvalue weighted by Crippen LogP contribution is 2.32. The van der Waals surface area contributed by atoms with E-state index in [1.54, 1.807) is 0 Å². The number of halogens is 6. The van der Waals surface area contributed by atoms with Crippen molar-refractivity contribution in [2.24, 2.45) is 5.73 Å². The largest absolute Gasteiger partial charge is 0.573 e. The fourth-order valence-electron chi connectivity index (χ4n) is 1.09. The van der Waals surface area contributed by atoms with Gasteiger partial charge in [0.15, 0.2) is 0 Å². The number of rotatable bonds is 2. The van der Waals surface area contributed by atoms with Gasteiger partial charge in [-0.25, -0.2) is 0 Å². The normalized spacial score (nSPS) is 14.5. The summed E-state index contributed by atoms with van der Waals surface area (Å²) < 4.78 is 75.6. The Hall–Kier alpha value is -1.44.